The zero-order valence-electron chi connectivity index (χ0n) is 13.2. The van der Waals surface area contributed by atoms with E-state index < -0.39 is 10.0 Å². The normalized spacial score (nSPS) is 14.2. The Kier molecular flexibility index (Phi) is 4.28. The maximum absolute atomic E-state index is 12.6. The molecule has 0 fully saturated rings. The van der Waals surface area contributed by atoms with Crippen LogP contribution in [0.25, 0.3) is 11.1 Å². The van der Waals surface area contributed by atoms with Crippen molar-refractivity contribution in [1.82, 2.24) is 9.62 Å². The molecule has 1 heterocycles. The van der Waals surface area contributed by atoms with E-state index in [1.54, 1.807) is 49.6 Å². The van der Waals surface area contributed by atoms with Gasteiger partial charge in [-0.3, -0.25) is 4.31 Å². The van der Waals surface area contributed by atoms with Gasteiger partial charge < -0.3 is 5.32 Å². The standard InChI is InChI=1S/C18H17N3O2S/c1-20-17-10-11-21(13-17)24(22,23)18-8-6-16(7-9-18)15-4-2-14(12-19)3-5-15/h2-9,13,20H,10-11H2,1H3. The third-order valence-corrected chi connectivity index (χ3v) is 5.80. The van der Waals surface area contributed by atoms with E-state index in [1.807, 2.05) is 12.1 Å². The first-order valence-corrected chi connectivity index (χ1v) is 8.99. The molecule has 6 heteroatoms. The third kappa shape index (κ3) is 2.99. The molecule has 0 saturated heterocycles. The molecule has 0 radical (unpaired) electrons. The lowest BCUT2D eigenvalue weighted by Gasteiger charge is -2.16. The molecule has 0 bridgehead atoms. The van der Waals surface area contributed by atoms with Crippen molar-refractivity contribution in [3.8, 4) is 17.2 Å². The maximum atomic E-state index is 12.6. The fraction of sp³-hybridized carbons (Fsp3) is 0.167. The predicted octanol–water partition coefficient (Wildman–Crippen LogP) is 2.68. The molecule has 3 rings (SSSR count). The van der Waals surface area contributed by atoms with Gasteiger partial charge in [-0.2, -0.15) is 5.26 Å². The van der Waals surface area contributed by atoms with Crippen molar-refractivity contribution in [1.29, 1.82) is 5.26 Å². The number of nitrogens with zero attached hydrogens (tertiary/aromatic N) is 2. The lowest BCUT2D eigenvalue weighted by atomic mass is 10.0. The minimum absolute atomic E-state index is 0.272. The molecular formula is C18H17N3O2S. The lowest BCUT2D eigenvalue weighted by molar-refractivity contribution is 0.516. The summed E-state index contributed by atoms with van der Waals surface area (Å²) in [6, 6.07) is 16.1. The Morgan fingerprint density at radius 2 is 1.62 bits per heavy atom. The van der Waals surface area contributed by atoms with Crippen LogP contribution < -0.4 is 5.32 Å². The number of rotatable bonds is 4. The van der Waals surface area contributed by atoms with Gasteiger partial charge in [0.25, 0.3) is 10.0 Å². The summed E-state index contributed by atoms with van der Waals surface area (Å²) >= 11 is 0. The number of sulfonamides is 1. The van der Waals surface area contributed by atoms with Crippen LogP contribution in [-0.4, -0.2) is 26.3 Å². The van der Waals surface area contributed by atoms with Crippen molar-refractivity contribution in [2.45, 2.75) is 11.3 Å². The minimum atomic E-state index is -3.52. The lowest BCUT2D eigenvalue weighted by Crippen LogP contribution is -2.23. The largest absolute Gasteiger partial charge is 0.390 e. The van der Waals surface area contributed by atoms with Crippen molar-refractivity contribution in [3.05, 3.63) is 66.0 Å². The topological polar surface area (TPSA) is 73.2 Å². The van der Waals surface area contributed by atoms with Gasteiger partial charge in [0.15, 0.2) is 0 Å². The van der Waals surface area contributed by atoms with Crippen LogP contribution in [0, 0.1) is 11.3 Å². The van der Waals surface area contributed by atoms with E-state index in [0.29, 0.717) is 18.5 Å². The Bertz CT molecular complexity index is 908. The number of nitriles is 1. The van der Waals surface area contributed by atoms with Crippen LogP contribution in [0.15, 0.2) is 65.3 Å². The van der Waals surface area contributed by atoms with Gasteiger partial charge in [0.05, 0.1) is 16.5 Å². The van der Waals surface area contributed by atoms with Gasteiger partial charge in [-0.15, -0.1) is 0 Å². The molecule has 0 saturated carbocycles. The fourth-order valence-corrected chi connectivity index (χ4v) is 3.95. The molecule has 1 aliphatic heterocycles. The van der Waals surface area contributed by atoms with E-state index in [9.17, 15) is 8.42 Å². The molecule has 2 aromatic rings. The van der Waals surface area contributed by atoms with E-state index in [2.05, 4.69) is 11.4 Å². The number of hydrogen-bond donors (Lipinski definition) is 1. The van der Waals surface area contributed by atoms with Crippen molar-refractivity contribution in [3.63, 3.8) is 0 Å². The smallest absolute Gasteiger partial charge is 0.263 e. The molecule has 1 aliphatic rings. The van der Waals surface area contributed by atoms with Crippen molar-refractivity contribution in [2.75, 3.05) is 13.6 Å². The molecule has 1 N–H and O–H groups in total. The van der Waals surface area contributed by atoms with E-state index >= 15 is 0 Å². The molecule has 0 unspecified atom stereocenters. The van der Waals surface area contributed by atoms with Gasteiger partial charge >= 0.3 is 0 Å². The molecule has 0 aliphatic carbocycles. The van der Waals surface area contributed by atoms with Crippen LogP contribution in [0.1, 0.15) is 12.0 Å². The van der Waals surface area contributed by atoms with Crippen molar-refractivity contribution < 1.29 is 8.42 Å². The van der Waals surface area contributed by atoms with Gasteiger partial charge in [0.2, 0.25) is 0 Å². The Morgan fingerprint density at radius 1 is 1.04 bits per heavy atom. The second kappa shape index (κ2) is 6.38. The van der Waals surface area contributed by atoms with Crippen LogP contribution >= 0.6 is 0 Å². The van der Waals surface area contributed by atoms with Gasteiger partial charge in [0.1, 0.15) is 0 Å². The summed E-state index contributed by atoms with van der Waals surface area (Å²) in [5, 5.41) is 11.8. The summed E-state index contributed by atoms with van der Waals surface area (Å²) in [6.45, 7) is 0.454. The molecule has 5 nitrogen and oxygen atoms in total. The molecule has 0 amide bonds. The van der Waals surface area contributed by atoms with Crippen LogP contribution in [0.2, 0.25) is 0 Å². The van der Waals surface area contributed by atoms with E-state index in [4.69, 9.17) is 5.26 Å². The Hall–Kier alpha value is -2.78. The Balaban J connectivity index is 1.86. The Morgan fingerprint density at radius 3 is 2.12 bits per heavy atom. The van der Waals surface area contributed by atoms with Crippen LogP contribution in [0.4, 0.5) is 0 Å². The Labute approximate surface area is 141 Å². The average Bonchev–Trinajstić information content (AvgIpc) is 3.12. The van der Waals surface area contributed by atoms with Crippen LogP contribution in [-0.2, 0) is 10.0 Å². The zero-order chi connectivity index (χ0) is 17.2. The summed E-state index contributed by atoms with van der Waals surface area (Å²) in [7, 11) is -1.73. The molecule has 2 aromatic carbocycles. The van der Waals surface area contributed by atoms with Crippen LogP contribution in [0.3, 0.4) is 0 Å². The first-order chi connectivity index (χ1) is 11.5. The number of benzene rings is 2. The van der Waals surface area contributed by atoms with E-state index in [0.717, 1.165) is 16.8 Å². The predicted molar refractivity (Wildman–Crippen MR) is 92.2 cm³/mol. The summed E-state index contributed by atoms with van der Waals surface area (Å²) in [5.41, 5.74) is 3.36. The van der Waals surface area contributed by atoms with Crippen LogP contribution in [0.5, 0.6) is 0 Å². The number of hydrogen-bond acceptors (Lipinski definition) is 4. The van der Waals surface area contributed by atoms with E-state index in [1.165, 1.54) is 4.31 Å². The van der Waals surface area contributed by atoms with Gasteiger partial charge in [-0.05, 0) is 35.4 Å². The highest BCUT2D eigenvalue weighted by atomic mass is 32.2. The summed E-state index contributed by atoms with van der Waals surface area (Å²) in [5.74, 6) is 0. The monoisotopic (exact) mass is 339 g/mol. The highest BCUT2D eigenvalue weighted by Crippen LogP contribution is 2.25. The third-order valence-electron chi connectivity index (χ3n) is 4.03. The van der Waals surface area contributed by atoms with Gasteiger partial charge in [-0.1, -0.05) is 24.3 Å². The molecular weight excluding hydrogens is 322 g/mol. The summed E-state index contributed by atoms with van der Waals surface area (Å²) < 4.78 is 26.7. The van der Waals surface area contributed by atoms with Crippen molar-refractivity contribution >= 4 is 10.0 Å². The molecule has 122 valence electrons. The zero-order valence-corrected chi connectivity index (χ0v) is 14.0. The highest BCUT2D eigenvalue weighted by Gasteiger charge is 2.25. The SMILES string of the molecule is CNC1=CN(S(=O)(=O)c2ccc(-c3ccc(C#N)cc3)cc2)CC1. The van der Waals surface area contributed by atoms with E-state index in [-0.39, 0.29) is 4.90 Å². The first kappa shape index (κ1) is 16.1. The second-order valence-corrected chi connectivity index (χ2v) is 7.37. The minimum Gasteiger partial charge on any atom is -0.390 e. The first-order valence-electron chi connectivity index (χ1n) is 7.55. The summed E-state index contributed by atoms with van der Waals surface area (Å²) in [4.78, 5) is 0.272. The molecule has 0 aromatic heterocycles. The summed E-state index contributed by atoms with van der Waals surface area (Å²) in [6.07, 6.45) is 2.34. The maximum Gasteiger partial charge on any atom is 0.263 e. The fourth-order valence-electron chi connectivity index (χ4n) is 2.60. The molecule has 0 atom stereocenters. The second-order valence-electron chi connectivity index (χ2n) is 5.48. The quantitative estimate of drug-likeness (QED) is 0.929. The molecule has 24 heavy (non-hydrogen) atoms. The van der Waals surface area contributed by atoms with Gasteiger partial charge in [0, 0.05) is 31.9 Å². The van der Waals surface area contributed by atoms with Gasteiger partial charge in [-0.25, -0.2) is 8.42 Å². The number of nitrogens with one attached hydrogen (secondary N) is 1. The highest BCUT2D eigenvalue weighted by molar-refractivity contribution is 7.89. The molecule has 0 spiro atoms. The van der Waals surface area contributed by atoms with Crippen molar-refractivity contribution in [2.24, 2.45) is 0 Å². The average molecular weight is 339 g/mol.